The summed E-state index contributed by atoms with van der Waals surface area (Å²) < 4.78 is 23.2. The number of hydrogen-bond acceptors (Lipinski definition) is 5. The van der Waals surface area contributed by atoms with Crippen LogP contribution in [0.4, 0.5) is 4.39 Å². The Morgan fingerprint density at radius 2 is 2.10 bits per heavy atom. The summed E-state index contributed by atoms with van der Waals surface area (Å²) in [6.07, 6.45) is 0.385. The summed E-state index contributed by atoms with van der Waals surface area (Å²) >= 11 is 1.28. The van der Waals surface area contributed by atoms with Gasteiger partial charge in [-0.05, 0) is 29.6 Å². The van der Waals surface area contributed by atoms with Crippen molar-refractivity contribution in [1.82, 2.24) is 9.59 Å². The van der Waals surface area contributed by atoms with Crippen LogP contribution in [-0.2, 0) is 11.8 Å². The third-order valence-corrected chi connectivity index (χ3v) is 4.12. The van der Waals surface area contributed by atoms with E-state index in [2.05, 4.69) is 30.4 Å². The zero-order valence-electron chi connectivity index (χ0n) is 12.7. The molecule has 0 bridgehead atoms. The number of aromatic nitrogens is 2. The topological polar surface area (TPSA) is 61.0 Å². The predicted octanol–water partition coefficient (Wildman–Crippen LogP) is 3.23. The van der Waals surface area contributed by atoms with E-state index in [0.29, 0.717) is 12.0 Å². The fraction of sp³-hybridized carbons (Fsp3) is 0.467. The van der Waals surface area contributed by atoms with Crippen LogP contribution in [0.1, 0.15) is 42.9 Å². The third-order valence-electron chi connectivity index (χ3n) is 3.26. The lowest BCUT2D eigenvalue weighted by atomic mass is 9.89. The zero-order chi connectivity index (χ0) is 15.6. The van der Waals surface area contributed by atoms with E-state index in [1.807, 2.05) is 0 Å². The largest absolute Gasteiger partial charge is 0.494 e. The molecule has 114 valence electrons. The Kier molecular flexibility index (Phi) is 4.58. The molecule has 6 heteroatoms. The highest BCUT2D eigenvalue weighted by atomic mass is 32.1. The Balaban J connectivity index is 2.27. The highest BCUT2D eigenvalue weighted by Gasteiger charge is 2.26. The minimum atomic E-state index is -0.356. The van der Waals surface area contributed by atoms with Gasteiger partial charge in [0.15, 0.2) is 11.6 Å². The van der Waals surface area contributed by atoms with Crippen LogP contribution in [0.5, 0.6) is 5.75 Å². The quantitative estimate of drug-likeness (QED) is 0.942. The molecule has 0 amide bonds. The van der Waals surface area contributed by atoms with Crippen molar-refractivity contribution in [2.24, 2.45) is 5.73 Å². The lowest BCUT2D eigenvalue weighted by molar-refractivity contribution is 0.383. The molecule has 1 atom stereocenters. The first kappa shape index (κ1) is 15.9. The van der Waals surface area contributed by atoms with Crippen molar-refractivity contribution in [3.05, 3.63) is 40.2 Å². The van der Waals surface area contributed by atoms with Crippen molar-refractivity contribution in [2.75, 3.05) is 7.11 Å². The van der Waals surface area contributed by atoms with Crippen LogP contribution >= 0.6 is 11.5 Å². The van der Waals surface area contributed by atoms with Crippen LogP contribution in [0.15, 0.2) is 18.2 Å². The number of nitrogens with zero attached hydrogens (tertiary/aromatic N) is 2. The van der Waals surface area contributed by atoms with Gasteiger partial charge < -0.3 is 10.5 Å². The predicted molar refractivity (Wildman–Crippen MR) is 82.2 cm³/mol. The number of benzene rings is 1. The van der Waals surface area contributed by atoms with Crippen LogP contribution in [-0.4, -0.2) is 16.7 Å². The third kappa shape index (κ3) is 3.39. The van der Waals surface area contributed by atoms with Gasteiger partial charge in [0.05, 0.1) is 17.7 Å². The molecule has 2 rings (SSSR count). The lowest BCUT2D eigenvalue weighted by Gasteiger charge is -2.19. The Labute approximate surface area is 128 Å². The van der Waals surface area contributed by atoms with Crippen LogP contribution in [0.25, 0.3) is 0 Å². The fourth-order valence-corrected chi connectivity index (χ4v) is 3.02. The molecule has 0 fully saturated rings. The number of methoxy groups -OCH3 is 1. The van der Waals surface area contributed by atoms with E-state index in [4.69, 9.17) is 10.5 Å². The van der Waals surface area contributed by atoms with Crippen LogP contribution in [0.2, 0.25) is 0 Å². The van der Waals surface area contributed by atoms with E-state index in [0.717, 1.165) is 10.6 Å². The van der Waals surface area contributed by atoms with Gasteiger partial charge in [-0.25, -0.2) is 4.39 Å². The second-order valence-corrected chi connectivity index (χ2v) is 6.77. The van der Waals surface area contributed by atoms with E-state index in [1.54, 1.807) is 18.2 Å². The summed E-state index contributed by atoms with van der Waals surface area (Å²) in [5.41, 5.74) is 7.54. The van der Waals surface area contributed by atoms with Gasteiger partial charge in [-0.2, -0.15) is 0 Å². The molecular weight excluding hydrogens is 289 g/mol. The minimum Gasteiger partial charge on any atom is -0.494 e. The average molecular weight is 309 g/mol. The normalized spacial score (nSPS) is 13.2. The van der Waals surface area contributed by atoms with Crippen molar-refractivity contribution in [2.45, 2.75) is 38.6 Å². The standard InChI is InChI=1S/C15H20FN3OS/c1-15(2,3)14-13(21-19-18-14)10(17)8-9-6-5-7-11(20-4)12(9)16/h5-7,10H,8,17H2,1-4H3. The molecule has 1 aromatic carbocycles. The van der Waals surface area contributed by atoms with Gasteiger partial charge in [-0.15, -0.1) is 5.10 Å². The zero-order valence-corrected chi connectivity index (χ0v) is 13.5. The summed E-state index contributed by atoms with van der Waals surface area (Å²) in [5, 5.41) is 4.18. The molecule has 0 aliphatic heterocycles. The maximum atomic E-state index is 14.2. The molecule has 0 saturated carbocycles. The Bertz CT molecular complexity index is 622. The van der Waals surface area contributed by atoms with E-state index >= 15 is 0 Å². The first-order valence-corrected chi connectivity index (χ1v) is 7.51. The maximum absolute atomic E-state index is 14.2. The molecule has 1 aromatic heterocycles. The minimum absolute atomic E-state index is 0.132. The first-order chi connectivity index (χ1) is 9.84. The maximum Gasteiger partial charge on any atom is 0.168 e. The van der Waals surface area contributed by atoms with Gasteiger partial charge in [-0.1, -0.05) is 37.4 Å². The smallest absolute Gasteiger partial charge is 0.168 e. The van der Waals surface area contributed by atoms with Gasteiger partial charge in [0.1, 0.15) is 0 Å². The number of hydrogen-bond donors (Lipinski definition) is 1. The fourth-order valence-electron chi connectivity index (χ4n) is 2.16. The monoisotopic (exact) mass is 309 g/mol. The number of ether oxygens (including phenoxy) is 1. The summed E-state index contributed by atoms with van der Waals surface area (Å²) in [5.74, 6) is -0.122. The van der Waals surface area contributed by atoms with Crippen molar-refractivity contribution >= 4 is 11.5 Å². The second-order valence-electron chi connectivity index (χ2n) is 5.98. The van der Waals surface area contributed by atoms with E-state index < -0.39 is 0 Å². The van der Waals surface area contributed by atoms with Crippen LogP contribution in [0.3, 0.4) is 0 Å². The van der Waals surface area contributed by atoms with Gasteiger partial charge in [0.25, 0.3) is 0 Å². The van der Waals surface area contributed by atoms with Crippen LogP contribution < -0.4 is 10.5 Å². The molecule has 0 spiro atoms. The van der Waals surface area contributed by atoms with E-state index in [1.165, 1.54) is 18.6 Å². The van der Waals surface area contributed by atoms with E-state index in [-0.39, 0.29) is 23.0 Å². The average Bonchev–Trinajstić information content (AvgIpc) is 2.90. The lowest BCUT2D eigenvalue weighted by Crippen LogP contribution is -2.20. The van der Waals surface area contributed by atoms with Crippen molar-refractivity contribution in [3.63, 3.8) is 0 Å². The molecule has 1 heterocycles. The summed E-state index contributed by atoms with van der Waals surface area (Å²) in [6.45, 7) is 6.18. The summed E-state index contributed by atoms with van der Waals surface area (Å²) in [4.78, 5) is 0.907. The highest BCUT2D eigenvalue weighted by molar-refractivity contribution is 7.05. The second kappa shape index (κ2) is 6.07. The summed E-state index contributed by atoms with van der Waals surface area (Å²) in [7, 11) is 1.45. The van der Waals surface area contributed by atoms with Crippen LogP contribution in [0, 0.1) is 5.82 Å². The molecule has 0 saturated heterocycles. The molecule has 0 aliphatic carbocycles. The molecule has 2 N–H and O–H groups in total. The summed E-state index contributed by atoms with van der Waals surface area (Å²) in [6, 6.07) is 4.75. The molecule has 0 aliphatic rings. The van der Waals surface area contributed by atoms with Gasteiger partial charge in [-0.3, -0.25) is 0 Å². The van der Waals surface area contributed by atoms with E-state index in [9.17, 15) is 4.39 Å². The van der Waals surface area contributed by atoms with Crippen molar-refractivity contribution in [3.8, 4) is 5.75 Å². The van der Waals surface area contributed by atoms with Crippen molar-refractivity contribution in [1.29, 1.82) is 0 Å². The Morgan fingerprint density at radius 1 is 1.38 bits per heavy atom. The Morgan fingerprint density at radius 3 is 2.71 bits per heavy atom. The molecule has 0 radical (unpaired) electrons. The van der Waals surface area contributed by atoms with Gasteiger partial charge in [0.2, 0.25) is 0 Å². The molecular formula is C15H20FN3OS. The first-order valence-electron chi connectivity index (χ1n) is 6.74. The van der Waals surface area contributed by atoms with Gasteiger partial charge >= 0.3 is 0 Å². The Hall–Kier alpha value is -1.53. The van der Waals surface area contributed by atoms with Gasteiger partial charge in [0, 0.05) is 11.5 Å². The highest BCUT2D eigenvalue weighted by Crippen LogP contribution is 2.32. The number of halogens is 1. The molecule has 21 heavy (non-hydrogen) atoms. The number of nitrogens with two attached hydrogens (primary N) is 1. The molecule has 4 nitrogen and oxygen atoms in total. The SMILES string of the molecule is COc1cccc(CC(N)c2snnc2C(C)(C)C)c1F. The molecule has 1 unspecified atom stereocenters. The van der Waals surface area contributed by atoms with Crippen molar-refractivity contribution < 1.29 is 9.13 Å². The molecule has 2 aromatic rings. The number of rotatable bonds is 4.